The van der Waals surface area contributed by atoms with Crippen molar-refractivity contribution in [3.05, 3.63) is 134 Å². The molecule has 3 aromatic heterocycles. The van der Waals surface area contributed by atoms with E-state index in [4.69, 9.17) is 23.9 Å². The van der Waals surface area contributed by atoms with Crippen LogP contribution in [0.5, 0.6) is 28.7 Å². The van der Waals surface area contributed by atoms with E-state index in [0.717, 1.165) is 22.8 Å². The Morgan fingerprint density at radius 2 is 1.61 bits per heavy atom. The summed E-state index contributed by atoms with van der Waals surface area (Å²) in [4.78, 5) is 75.3. The number of aryl methyl sites for hydroxylation is 1. The van der Waals surface area contributed by atoms with Crippen molar-refractivity contribution in [2.24, 2.45) is 0 Å². The van der Waals surface area contributed by atoms with E-state index in [-0.39, 0.29) is 59.8 Å². The number of amides is 3. The number of phenolic OH excluding ortho intramolecular Hbond substituents is 2. The number of rotatable bonds is 16. The van der Waals surface area contributed by atoms with Crippen LogP contribution in [0.4, 0.5) is 4.79 Å². The van der Waals surface area contributed by atoms with Crippen LogP contribution in [-0.2, 0) is 39.4 Å². The number of epoxide rings is 1. The number of benzene rings is 4. The van der Waals surface area contributed by atoms with Gasteiger partial charge in [0.1, 0.15) is 28.7 Å². The number of hydrogen-bond acceptors (Lipinski definition) is 14. The molecule has 3 N–H and O–H groups in total. The number of aromatic hydroxyl groups is 2. The Morgan fingerprint density at radius 1 is 0.908 bits per heavy atom. The number of nitrogens with one attached hydrogen (secondary N) is 1. The second-order valence-corrected chi connectivity index (χ2v) is 19.4. The van der Waals surface area contributed by atoms with Crippen LogP contribution in [-0.4, -0.2) is 114 Å². The highest BCUT2D eigenvalue weighted by Crippen LogP contribution is 2.43. The molecule has 10 rings (SSSR count). The quantitative estimate of drug-likeness (QED) is 0.0615. The van der Waals surface area contributed by atoms with Gasteiger partial charge in [-0.05, 0) is 129 Å². The van der Waals surface area contributed by atoms with E-state index in [9.17, 15) is 34.2 Å². The number of phenols is 2. The summed E-state index contributed by atoms with van der Waals surface area (Å²) in [5.41, 5.74) is 5.19. The Kier molecular flexibility index (Phi) is 13.9. The zero-order chi connectivity index (χ0) is 53.6. The molecular formula is C57H58N8O11. The lowest BCUT2D eigenvalue weighted by atomic mass is 9.95. The first kappa shape index (κ1) is 51.1. The van der Waals surface area contributed by atoms with Gasteiger partial charge in [-0.15, -0.1) is 10.2 Å². The molecule has 19 heteroatoms. The number of aldehydes is 1. The summed E-state index contributed by atoms with van der Waals surface area (Å²) in [5.74, 6) is 0.621. The molecule has 6 heterocycles. The lowest BCUT2D eigenvalue weighted by Crippen LogP contribution is -2.49. The Bertz CT molecular complexity index is 3490. The van der Waals surface area contributed by atoms with Gasteiger partial charge in [-0.25, -0.2) is 9.78 Å². The Hall–Kier alpha value is -8.42. The molecule has 3 aliphatic heterocycles. The number of carbonyl (C=O) groups is 4. The third-order valence-corrected chi connectivity index (χ3v) is 14.5. The fraction of sp³-hybridized carbons (Fsp3) is 0.333. The molecule has 0 aliphatic carbocycles. The van der Waals surface area contributed by atoms with Crippen LogP contribution in [0.15, 0.2) is 89.7 Å². The largest absolute Gasteiger partial charge is 0.508 e. The van der Waals surface area contributed by atoms with Gasteiger partial charge in [0.05, 0.1) is 42.2 Å². The molecule has 0 radical (unpaired) electrons. The zero-order valence-corrected chi connectivity index (χ0v) is 43.1. The Balaban J connectivity index is 0.778. The first-order valence-corrected chi connectivity index (χ1v) is 25.5. The third-order valence-electron chi connectivity index (χ3n) is 14.5. The Morgan fingerprint density at radius 3 is 2.24 bits per heavy atom. The zero-order valence-electron chi connectivity index (χ0n) is 43.1. The van der Waals surface area contributed by atoms with Crippen LogP contribution < -0.4 is 20.3 Å². The predicted octanol–water partition coefficient (Wildman–Crippen LogP) is 8.01. The van der Waals surface area contributed by atoms with Crippen LogP contribution in [0, 0.1) is 0 Å². The van der Waals surface area contributed by atoms with Gasteiger partial charge in [0, 0.05) is 78.7 Å². The molecule has 0 saturated carbocycles. The number of ether oxygens (including phenoxy) is 4. The van der Waals surface area contributed by atoms with Crippen molar-refractivity contribution < 1.29 is 48.3 Å². The molecule has 392 valence electrons. The number of nitrogens with zero attached hydrogens (tertiary/aromatic N) is 7. The smallest absolute Gasteiger partial charge is 0.415 e. The SMILES string of the molecule is CCNC(=O)c1nnc(-c2cc(C(C)C)c(O)cc2O)n1-c1ccc(Oc2ccc(C(=O)N3CCC(N(CC)C(=O)Oc4ccc5nc6c(c(CC)c5c4)Cn4c-6cc(C5(C=O)CO5)c(COC)c4=O)CC3)cc2)cc1. The highest BCUT2D eigenvalue weighted by atomic mass is 16.6. The summed E-state index contributed by atoms with van der Waals surface area (Å²) in [6, 6.07) is 23.7. The summed E-state index contributed by atoms with van der Waals surface area (Å²) in [7, 11) is 1.51. The van der Waals surface area contributed by atoms with E-state index in [1.807, 2.05) is 45.9 Å². The van der Waals surface area contributed by atoms with Crippen molar-refractivity contribution in [3.63, 3.8) is 0 Å². The third kappa shape index (κ3) is 9.29. The van der Waals surface area contributed by atoms with E-state index < -0.39 is 17.6 Å². The monoisotopic (exact) mass is 1030 g/mol. The van der Waals surface area contributed by atoms with Crippen molar-refractivity contribution in [1.29, 1.82) is 0 Å². The van der Waals surface area contributed by atoms with Crippen LogP contribution in [0.3, 0.4) is 0 Å². The molecule has 19 nitrogen and oxygen atoms in total. The summed E-state index contributed by atoms with van der Waals surface area (Å²) < 4.78 is 26.3. The lowest BCUT2D eigenvalue weighted by molar-refractivity contribution is -0.112. The van der Waals surface area contributed by atoms with Crippen LogP contribution in [0.1, 0.15) is 102 Å². The maximum atomic E-state index is 13.9. The van der Waals surface area contributed by atoms with E-state index in [1.54, 1.807) is 82.0 Å². The molecule has 1 unspecified atom stereocenters. The Labute approximate surface area is 437 Å². The van der Waals surface area contributed by atoms with E-state index in [1.165, 1.54) is 17.7 Å². The highest BCUT2D eigenvalue weighted by molar-refractivity contribution is 5.95. The van der Waals surface area contributed by atoms with E-state index in [0.29, 0.717) is 120 Å². The van der Waals surface area contributed by atoms with Gasteiger partial charge >= 0.3 is 6.09 Å². The van der Waals surface area contributed by atoms with Gasteiger partial charge in [0.25, 0.3) is 17.4 Å². The standard InChI is InChI=1S/C57H58N8O11/c1-7-39-41-24-38(18-19-46(41)59-50-43(39)28-64-47(50)26-45(57(30-66)31-74-57)44(29-73-6)55(64)71)76-56(72)63(9-3)34-20-22-62(23-21-34)54(70)33-10-14-36(15-11-33)75-37-16-12-35(13-17-37)65-51(60-61-52(65)53(69)58-8-2)42-25-40(32(4)5)48(67)27-49(42)68/h10-19,24-27,30,32,34,67-68H,7-9,20-23,28-29,31H2,1-6H3,(H,58,69). The highest BCUT2D eigenvalue weighted by Gasteiger charge is 2.49. The van der Waals surface area contributed by atoms with E-state index >= 15 is 0 Å². The van der Waals surface area contributed by atoms with E-state index in [2.05, 4.69) is 15.5 Å². The number of carbonyl (C=O) groups excluding carboxylic acids is 4. The molecule has 2 fully saturated rings. The van der Waals surface area contributed by atoms with Crippen molar-refractivity contribution in [3.8, 4) is 57.2 Å². The number of fused-ring (bicyclic) bond motifs is 4. The molecule has 3 aliphatic rings. The normalized spacial score (nSPS) is 15.9. The van der Waals surface area contributed by atoms with Gasteiger partial charge in [-0.1, -0.05) is 20.8 Å². The first-order valence-electron chi connectivity index (χ1n) is 25.5. The summed E-state index contributed by atoms with van der Waals surface area (Å²) in [6.07, 6.45) is 1.99. The number of likely N-dealkylation sites (tertiary alicyclic amines) is 1. The van der Waals surface area contributed by atoms with Crippen molar-refractivity contribution in [2.75, 3.05) is 39.9 Å². The minimum atomic E-state index is -1.16. The molecule has 0 bridgehead atoms. The molecule has 1 atom stereocenters. The van der Waals surface area contributed by atoms with Gasteiger partial charge in [0.2, 0.25) is 5.82 Å². The van der Waals surface area contributed by atoms with Gasteiger partial charge in [0.15, 0.2) is 17.7 Å². The molecular weight excluding hydrogens is 973 g/mol. The molecule has 4 aromatic carbocycles. The van der Waals surface area contributed by atoms with Crippen molar-refractivity contribution in [2.45, 2.75) is 84.6 Å². The summed E-state index contributed by atoms with van der Waals surface area (Å²) in [6.45, 7) is 11.7. The molecule has 3 amide bonds. The number of pyridine rings is 2. The predicted molar refractivity (Wildman–Crippen MR) is 280 cm³/mol. The summed E-state index contributed by atoms with van der Waals surface area (Å²) in [5, 5.41) is 33.4. The minimum absolute atomic E-state index is 0.00665. The lowest BCUT2D eigenvalue weighted by Gasteiger charge is -2.37. The molecule has 76 heavy (non-hydrogen) atoms. The number of hydrogen-bond donors (Lipinski definition) is 3. The number of methoxy groups -OCH3 is 1. The molecule has 2 saturated heterocycles. The van der Waals surface area contributed by atoms with Crippen LogP contribution in [0.25, 0.3) is 39.4 Å². The summed E-state index contributed by atoms with van der Waals surface area (Å²) >= 11 is 0. The second kappa shape index (κ2) is 20.7. The van der Waals surface area contributed by atoms with Gasteiger partial charge in [-0.2, -0.15) is 0 Å². The average molecular weight is 1030 g/mol. The van der Waals surface area contributed by atoms with Gasteiger partial charge < -0.3 is 48.8 Å². The fourth-order valence-corrected chi connectivity index (χ4v) is 10.5. The topological polar surface area (TPSA) is 233 Å². The maximum Gasteiger partial charge on any atom is 0.415 e. The first-order chi connectivity index (χ1) is 36.7. The van der Waals surface area contributed by atoms with Crippen molar-refractivity contribution >= 4 is 35.1 Å². The number of aromatic nitrogens is 5. The minimum Gasteiger partial charge on any atom is -0.508 e. The average Bonchev–Trinajstić information content (AvgIpc) is 4.00. The van der Waals surface area contributed by atoms with Gasteiger partial charge in [-0.3, -0.25) is 23.7 Å². The van der Waals surface area contributed by atoms with Crippen LogP contribution >= 0.6 is 0 Å². The van der Waals surface area contributed by atoms with Crippen LogP contribution in [0.2, 0.25) is 0 Å². The number of piperidine rings is 1. The molecule has 0 spiro atoms. The van der Waals surface area contributed by atoms with Crippen molar-refractivity contribution in [1.82, 2.24) is 39.4 Å². The second-order valence-electron chi connectivity index (χ2n) is 19.4. The molecule has 7 aromatic rings. The fourth-order valence-electron chi connectivity index (χ4n) is 10.5. The maximum absolute atomic E-state index is 13.9.